The molecule has 1 N–H and O–H groups in total. The van der Waals surface area contributed by atoms with Gasteiger partial charge in [-0.2, -0.15) is 0 Å². The van der Waals surface area contributed by atoms with Crippen molar-refractivity contribution in [2.45, 2.75) is 13.0 Å². The fourth-order valence-corrected chi connectivity index (χ4v) is 2.42. The van der Waals surface area contributed by atoms with Crippen molar-refractivity contribution in [3.8, 4) is 11.5 Å². The van der Waals surface area contributed by atoms with Crippen molar-refractivity contribution < 1.29 is 14.3 Å². The first-order chi connectivity index (χ1) is 8.65. The third-order valence-corrected chi connectivity index (χ3v) is 3.41. The minimum atomic E-state index is -0.0331. The summed E-state index contributed by atoms with van der Waals surface area (Å²) in [6.45, 7) is 3.87. The van der Waals surface area contributed by atoms with E-state index >= 15 is 0 Å². The summed E-state index contributed by atoms with van der Waals surface area (Å²) in [5.74, 6) is 1.56. The lowest BCUT2D eigenvalue weighted by Crippen LogP contribution is -2.24. The Kier molecular flexibility index (Phi) is 2.54. The maximum absolute atomic E-state index is 11.5. The minimum Gasteiger partial charge on any atom is -0.486 e. The van der Waals surface area contributed by atoms with Gasteiger partial charge in [0.15, 0.2) is 11.5 Å². The lowest BCUT2D eigenvalue weighted by Gasteiger charge is -2.22. The molecule has 1 aromatic carbocycles. The number of ether oxygens (including phenoxy) is 2. The number of carbonyl (C=O) groups excluding carboxylic acids is 1. The van der Waals surface area contributed by atoms with Crippen LogP contribution in [0.3, 0.4) is 0 Å². The van der Waals surface area contributed by atoms with Crippen LogP contribution >= 0.6 is 0 Å². The van der Waals surface area contributed by atoms with E-state index in [-0.39, 0.29) is 12.1 Å². The predicted molar refractivity (Wildman–Crippen MR) is 66.1 cm³/mol. The number of carbonyl (C=O) groups is 1. The van der Waals surface area contributed by atoms with E-state index < -0.39 is 0 Å². The zero-order valence-corrected chi connectivity index (χ0v) is 10.5. The molecule has 2 amide bonds. The molecule has 0 radical (unpaired) electrons. The van der Waals surface area contributed by atoms with Gasteiger partial charge in [-0.1, -0.05) is 0 Å². The van der Waals surface area contributed by atoms with E-state index in [1.54, 1.807) is 11.9 Å². The van der Waals surface area contributed by atoms with E-state index in [4.69, 9.17) is 9.47 Å². The topological polar surface area (TPSA) is 50.8 Å². The van der Waals surface area contributed by atoms with Crippen molar-refractivity contribution in [3.05, 3.63) is 23.3 Å². The maximum Gasteiger partial charge on any atom is 0.317 e. The average molecular weight is 248 g/mol. The third kappa shape index (κ3) is 1.75. The molecule has 0 aliphatic carbocycles. The van der Waals surface area contributed by atoms with Crippen molar-refractivity contribution in [2.75, 3.05) is 26.8 Å². The molecule has 2 aliphatic rings. The first kappa shape index (κ1) is 11.2. The fourth-order valence-electron chi connectivity index (χ4n) is 2.42. The number of hydrogen-bond donors (Lipinski definition) is 1. The second-order valence-corrected chi connectivity index (χ2v) is 4.74. The van der Waals surface area contributed by atoms with Crippen LogP contribution in [-0.2, 0) is 0 Å². The van der Waals surface area contributed by atoms with E-state index in [9.17, 15) is 4.79 Å². The summed E-state index contributed by atoms with van der Waals surface area (Å²) in [7, 11) is 1.79. The standard InChI is InChI=1S/C13H16N2O3/c1-8-5-11-12(18-4-3-17-11)6-9(8)10-7-15(2)13(16)14-10/h5-6,10H,3-4,7H2,1-2H3,(H,14,16). The number of benzene rings is 1. The minimum absolute atomic E-state index is 0.0262. The molecular formula is C13H16N2O3. The van der Waals surface area contributed by atoms with E-state index in [1.165, 1.54) is 0 Å². The Labute approximate surface area is 106 Å². The van der Waals surface area contributed by atoms with Crippen LogP contribution in [0.4, 0.5) is 4.79 Å². The van der Waals surface area contributed by atoms with Crippen LogP contribution in [0.25, 0.3) is 0 Å². The van der Waals surface area contributed by atoms with Gasteiger partial charge in [-0.05, 0) is 30.2 Å². The van der Waals surface area contributed by atoms with Gasteiger partial charge in [-0.25, -0.2) is 4.79 Å². The van der Waals surface area contributed by atoms with Crippen LogP contribution in [0.15, 0.2) is 12.1 Å². The first-order valence-electron chi connectivity index (χ1n) is 6.07. The highest BCUT2D eigenvalue weighted by molar-refractivity contribution is 5.77. The van der Waals surface area contributed by atoms with Gasteiger partial charge in [-0.15, -0.1) is 0 Å². The number of aryl methyl sites for hydroxylation is 1. The summed E-state index contributed by atoms with van der Waals surface area (Å²) in [5.41, 5.74) is 2.21. The number of urea groups is 1. The van der Waals surface area contributed by atoms with E-state index in [1.807, 2.05) is 19.1 Å². The van der Waals surface area contributed by atoms with Crippen molar-refractivity contribution in [3.63, 3.8) is 0 Å². The number of amides is 2. The number of hydrogen-bond acceptors (Lipinski definition) is 3. The number of fused-ring (bicyclic) bond motifs is 1. The molecule has 0 aromatic heterocycles. The Morgan fingerprint density at radius 3 is 2.56 bits per heavy atom. The number of likely N-dealkylation sites (N-methyl/N-ethyl adjacent to an activating group) is 1. The van der Waals surface area contributed by atoms with Gasteiger partial charge in [0, 0.05) is 13.6 Å². The third-order valence-electron chi connectivity index (χ3n) is 3.41. The van der Waals surface area contributed by atoms with Crippen LogP contribution in [-0.4, -0.2) is 37.7 Å². The van der Waals surface area contributed by atoms with E-state index in [2.05, 4.69) is 5.32 Å². The molecule has 3 rings (SSSR count). The molecule has 2 heterocycles. The molecule has 1 aromatic rings. The average Bonchev–Trinajstić information content (AvgIpc) is 2.68. The SMILES string of the molecule is Cc1cc2c(cc1C1CN(C)C(=O)N1)OCCO2. The molecule has 1 unspecified atom stereocenters. The molecular weight excluding hydrogens is 232 g/mol. The highest BCUT2D eigenvalue weighted by Gasteiger charge is 2.29. The van der Waals surface area contributed by atoms with Crippen molar-refractivity contribution in [1.82, 2.24) is 10.2 Å². The van der Waals surface area contributed by atoms with Gasteiger partial charge in [0.25, 0.3) is 0 Å². The zero-order chi connectivity index (χ0) is 12.7. The predicted octanol–water partition coefficient (Wildman–Crippen LogP) is 1.46. The molecule has 1 atom stereocenters. The summed E-state index contributed by atoms with van der Waals surface area (Å²) < 4.78 is 11.1. The van der Waals surface area contributed by atoms with Crippen LogP contribution in [0.5, 0.6) is 11.5 Å². The number of nitrogens with zero attached hydrogens (tertiary/aromatic N) is 1. The van der Waals surface area contributed by atoms with Gasteiger partial charge < -0.3 is 19.7 Å². The molecule has 2 aliphatic heterocycles. The summed E-state index contributed by atoms with van der Waals surface area (Å²) in [6.07, 6.45) is 0. The molecule has 0 spiro atoms. The second-order valence-electron chi connectivity index (χ2n) is 4.74. The van der Waals surface area contributed by atoms with Gasteiger partial charge in [0.05, 0.1) is 6.04 Å². The lowest BCUT2D eigenvalue weighted by molar-refractivity contribution is 0.171. The molecule has 5 heteroatoms. The Hall–Kier alpha value is -1.91. The van der Waals surface area contributed by atoms with Crippen molar-refractivity contribution >= 4 is 6.03 Å². The number of nitrogens with one attached hydrogen (secondary N) is 1. The summed E-state index contributed by atoms with van der Waals surface area (Å²) in [6, 6.07) is 3.95. The Bertz CT molecular complexity index is 501. The summed E-state index contributed by atoms with van der Waals surface area (Å²) in [4.78, 5) is 13.2. The van der Waals surface area contributed by atoms with Gasteiger partial charge >= 0.3 is 6.03 Å². The molecule has 1 saturated heterocycles. The summed E-state index contributed by atoms with van der Waals surface area (Å²) in [5, 5.41) is 2.96. The second kappa shape index (κ2) is 4.08. The van der Waals surface area contributed by atoms with Gasteiger partial charge in [-0.3, -0.25) is 0 Å². The quantitative estimate of drug-likeness (QED) is 0.818. The van der Waals surface area contributed by atoms with Crippen LogP contribution in [0.2, 0.25) is 0 Å². The molecule has 18 heavy (non-hydrogen) atoms. The highest BCUT2D eigenvalue weighted by atomic mass is 16.6. The van der Waals surface area contributed by atoms with Gasteiger partial charge in [0.1, 0.15) is 13.2 Å². The molecule has 5 nitrogen and oxygen atoms in total. The lowest BCUT2D eigenvalue weighted by atomic mass is 10.0. The normalized spacial score (nSPS) is 22.0. The van der Waals surface area contributed by atoms with Crippen LogP contribution < -0.4 is 14.8 Å². The Morgan fingerprint density at radius 2 is 1.94 bits per heavy atom. The van der Waals surface area contributed by atoms with Crippen LogP contribution in [0, 0.1) is 6.92 Å². The first-order valence-corrected chi connectivity index (χ1v) is 6.07. The Morgan fingerprint density at radius 1 is 1.28 bits per heavy atom. The molecule has 1 fully saturated rings. The monoisotopic (exact) mass is 248 g/mol. The van der Waals surface area contributed by atoms with E-state index in [0.29, 0.717) is 19.8 Å². The maximum atomic E-state index is 11.5. The van der Waals surface area contributed by atoms with E-state index in [0.717, 1.165) is 22.6 Å². The van der Waals surface area contributed by atoms with Crippen molar-refractivity contribution in [1.29, 1.82) is 0 Å². The summed E-state index contributed by atoms with van der Waals surface area (Å²) >= 11 is 0. The Balaban J connectivity index is 1.95. The van der Waals surface area contributed by atoms with Crippen molar-refractivity contribution in [2.24, 2.45) is 0 Å². The number of rotatable bonds is 1. The highest BCUT2D eigenvalue weighted by Crippen LogP contribution is 2.36. The van der Waals surface area contributed by atoms with Crippen LogP contribution in [0.1, 0.15) is 17.2 Å². The molecule has 96 valence electrons. The smallest absolute Gasteiger partial charge is 0.317 e. The molecule has 0 bridgehead atoms. The van der Waals surface area contributed by atoms with Gasteiger partial charge in [0.2, 0.25) is 0 Å². The molecule has 0 saturated carbocycles. The zero-order valence-electron chi connectivity index (χ0n) is 10.5. The largest absolute Gasteiger partial charge is 0.486 e. The fraction of sp³-hybridized carbons (Fsp3) is 0.462.